The molecule has 0 unspecified atom stereocenters. The molecule has 1 aromatic carbocycles. The topological polar surface area (TPSA) is 75.2 Å². The van der Waals surface area contributed by atoms with Gasteiger partial charge in [0.05, 0.1) is 10.9 Å². The summed E-state index contributed by atoms with van der Waals surface area (Å²) in [4.78, 5) is 27.7. The van der Waals surface area contributed by atoms with Crippen LogP contribution in [0.15, 0.2) is 41.8 Å². The zero-order chi connectivity index (χ0) is 18.8. The molecule has 4 rings (SSSR count). The lowest BCUT2D eigenvalue weighted by molar-refractivity contribution is 0.0740. The quantitative estimate of drug-likeness (QED) is 0.717. The van der Waals surface area contributed by atoms with Gasteiger partial charge < -0.3 is 10.2 Å². The van der Waals surface area contributed by atoms with Crippen molar-refractivity contribution < 1.29 is 9.59 Å². The van der Waals surface area contributed by atoms with Crippen LogP contribution in [0.25, 0.3) is 0 Å². The minimum absolute atomic E-state index is 0.0216. The second-order valence-electron chi connectivity index (χ2n) is 6.40. The molecule has 0 aliphatic carbocycles. The maximum Gasteiger partial charge on any atom is 0.286 e. The summed E-state index contributed by atoms with van der Waals surface area (Å²) >= 11 is 2.69. The molecular weight excluding hydrogens is 380 g/mol. The molecule has 27 heavy (non-hydrogen) atoms. The SMILES string of the molecule is Cc1ccc(NC(=O)c2nnc([C@H]3CCCN3C(=O)c3cccs3)s2)cc1. The minimum atomic E-state index is -0.281. The summed E-state index contributed by atoms with van der Waals surface area (Å²) in [7, 11) is 0. The van der Waals surface area contributed by atoms with Crippen LogP contribution in [-0.4, -0.2) is 33.5 Å². The Morgan fingerprint density at radius 3 is 2.74 bits per heavy atom. The van der Waals surface area contributed by atoms with Crippen molar-refractivity contribution in [2.75, 3.05) is 11.9 Å². The highest BCUT2D eigenvalue weighted by atomic mass is 32.1. The predicted molar refractivity (Wildman–Crippen MR) is 106 cm³/mol. The number of carbonyl (C=O) groups is 2. The Kier molecular flexibility index (Phi) is 5.00. The number of hydrogen-bond donors (Lipinski definition) is 1. The maximum absolute atomic E-state index is 12.7. The second-order valence-corrected chi connectivity index (χ2v) is 8.36. The number of benzene rings is 1. The van der Waals surface area contributed by atoms with Gasteiger partial charge in [-0.1, -0.05) is 35.1 Å². The van der Waals surface area contributed by atoms with Crippen LogP contribution >= 0.6 is 22.7 Å². The Labute approximate surface area is 164 Å². The number of nitrogens with zero attached hydrogens (tertiary/aromatic N) is 3. The number of anilines is 1. The number of amides is 2. The van der Waals surface area contributed by atoms with E-state index in [2.05, 4.69) is 15.5 Å². The van der Waals surface area contributed by atoms with Crippen molar-refractivity contribution in [1.29, 1.82) is 0 Å². The first-order valence-electron chi connectivity index (χ1n) is 8.68. The number of rotatable bonds is 4. The van der Waals surface area contributed by atoms with E-state index in [1.807, 2.05) is 53.6 Å². The lowest BCUT2D eigenvalue weighted by Gasteiger charge is -2.21. The summed E-state index contributed by atoms with van der Waals surface area (Å²) in [5, 5.41) is 14.0. The highest BCUT2D eigenvalue weighted by molar-refractivity contribution is 7.13. The molecule has 1 N–H and O–H groups in total. The van der Waals surface area contributed by atoms with Crippen LogP contribution in [0.4, 0.5) is 5.69 Å². The van der Waals surface area contributed by atoms with Crippen LogP contribution in [0, 0.1) is 6.92 Å². The molecule has 2 aromatic heterocycles. The summed E-state index contributed by atoms with van der Waals surface area (Å²) in [6, 6.07) is 11.2. The Morgan fingerprint density at radius 1 is 1.19 bits per heavy atom. The van der Waals surface area contributed by atoms with E-state index in [1.165, 1.54) is 22.7 Å². The first-order chi connectivity index (χ1) is 13.1. The molecule has 138 valence electrons. The van der Waals surface area contributed by atoms with E-state index in [0.29, 0.717) is 16.6 Å². The Hall–Kier alpha value is -2.58. The summed E-state index contributed by atoms with van der Waals surface area (Å²) in [6.45, 7) is 2.69. The molecule has 0 radical (unpaired) electrons. The van der Waals surface area contributed by atoms with Crippen LogP contribution in [0.1, 0.15) is 48.9 Å². The van der Waals surface area contributed by atoms with Crippen LogP contribution in [0.3, 0.4) is 0 Å². The van der Waals surface area contributed by atoms with Gasteiger partial charge in [0.1, 0.15) is 5.01 Å². The summed E-state index contributed by atoms with van der Waals surface area (Å²) in [5.74, 6) is -0.259. The van der Waals surface area contributed by atoms with Crippen molar-refractivity contribution in [3.05, 3.63) is 62.2 Å². The number of thiophene rings is 1. The molecule has 0 bridgehead atoms. The molecular formula is C19H18N4O2S2. The van der Waals surface area contributed by atoms with Crippen molar-refractivity contribution in [2.24, 2.45) is 0 Å². The van der Waals surface area contributed by atoms with Crippen molar-refractivity contribution in [1.82, 2.24) is 15.1 Å². The van der Waals surface area contributed by atoms with E-state index in [0.717, 1.165) is 29.0 Å². The van der Waals surface area contributed by atoms with Gasteiger partial charge >= 0.3 is 0 Å². The molecule has 2 amide bonds. The van der Waals surface area contributed by atoms with Crippen molar-refractivity contribution in [2.45, 2.75) is 25.8 Å². The van der Waals surface area contributed by atoms with Gasteiger partial charge in [0.25, 0.3) is 11.8 Å². The molecule has 1 fully saturated rings. The largest absolute Gasteiger partial charge is 0.328 e. The lowest BCUT2D eigenvalue weighted by Crippen LogP contribution is -2.29. The van der Waals surface area contributed by atoms with Gasteiger partial charge in [-0.05, 0) is 43.3 Å². The van der Waals surface area contributed by atoms with E-state index >= 15 is 0 Å². The Balaban J connectivity index is 1.48. The van der Waals surface area contributed by atoms with Gasteiger partial charge in [0.2, 0.25) is 5.01 Å². The third kappa shape index (κ3) is 3.77. The number of nitrogens with one attached hydrogen (secondary N) is 1. The molecule has 1 aliphatic heterocycles. The minimum Gasteiger partial charge on any atom is -0.328 e. The second kappa shape index (κ2) is 7.58. The fraction of sp³-hybridized carbons (Fsp3) is 0.263. The monoisotopic (exact) mass is 398 g/mol. The number of carbonyl (C=O) groups excluding carboxylic acids is 2. The zero-order valence-corrected chi connectivity index (χ0v) is 16.3. The van der Waals surface area contributed by atoms with E-state index in [4.69, 9.17) is 0 Å². The average Bonchev–Trinajstić information content (AvgIpc) is 3.42. The molecule has 0 spiro atoms. The number of aromatic nitrogens is 2. The molecule has 3 aromatic rings. The molecule has 0 saturated carbocycles. The van der Waals surface area contributed by atoms with Gasteiger partial charge in [0.15, 0.2) is 0 Å². The van der Waals surface area contributed by atoms with Crippen molar-refractivity contribution in [3.8, 4) is 0 Å². The Bertz CT molecular complexity index is 951. The van der Waals surface area contributed by atoms with Crippen LogP contribution in [0.2, 0.25) is 0 Å². The fourth-order valence-corrected chi connectivity index (χ4v) is 4.66. The van der Waals surface area contributed by atoms with Crippen LogP contribution in [-0.2, 0) is 0 Å². The van der Waals surface area contributed by atoms with Gasteiger partial charge in [-0.25, -0.2) is 0 Å². The zero-order valence-electron chi connectivity index (χ0n) is 14.7. The first-order valence-corrected chi connectivity index (χ1v) is 10.4. The summed E-state index contributed by atoms with van der Waals surface area (Å²) < 4.78 is 0. The van der Waals surface area contributed by atoms with E-state index in [1.54, 1.807) is 0 Å². The molecule has 1 aliphatic rings. The van der Waals surface area contributed by atoms with Crippen molar-refractivity contribution >= 4 is 40.2 Å². The molecule has 1 atom stereocenters. The maximum atomic E-state index is 12.7. The normalized spacial score (nSPS) is 16.5. The molecule has 3 heterocycles. The van der Waals surface area contributed by atoms with E-state index in [-0.39, 0.29) is 17.9 Å². The summed E-state index contributed by atoms with van der Waals surface area (Å²) in [6.07, 6.45) is 1.76. The smallest absolute Gasteiger partial charge is 0.286 e. The van der Waals surface area contributed by atoms with Crippen molar-refractivity contribution in [3.63, 3.8) is 0 Å². The van der Waals surface area contributed by atoms with Gasteiger partial charge in [-0.15, -0.1) is 21.5 Å². The number of hydrogen-bond acceptors (Lipinski definition) is 6. The standard InChI is InChI=1S/C19H18N4O2S2/c1-12-6-8-13(9-7-12)20-16(24)18-22-21-17(27-18)14-4-2-10-23(14)19(25)15-5-3-11-26-15/h3,5-9,11,14H,2,4,10H2,1H3,(H,20,24)/t14-/m1/s1. The third-order valence-corrected chi connectivity index (χ3v) is 6.36. The van der Waals surface area contributed by atoms with Gasteiger partial charge in [0, 0.05) is 12.2 Å². The van der Waals surface area contributed by atoms with E-state index in [9.17, 15) is 9.59 Å². The highest BCUT2D eigenvalue weighted by Gasteiger charge is 2.34. The van der Waals surface area contributed by atoms with Crippen LogP contribution < -0.4 is 5.32 Å². The average molecular weight is 399 g/mol. The Morgan fingerprint density at radius 2 is 2.00 bits per heavy atom. The van der Waals surface area contributed by atoms with E-state index < -0.39 is 0 Å². The van der Waals surface area contributed by atoms with Gasteiger partial charge in [-0.3, -0.25) is 9.59 Å². The summed E-state index contributed by atoms with van der Waals surface area (Å²) in [5.41, 5.74) is 1.85. The number of aryl methyl sites for hydroxylation is 1. The lowest BCUT2D eigenvalue weighted by atomic mass is 10.2. The highest BCUT2D eigenvalue weighted by Crippen LogP contribution is 2.35. The third-order valence-electron chi connectivity index (χ3n) is 4.47. The fourth-order valence-electron chi connectivity index (χ4n) is 3.09. The molecule has 8 heteroatoms. The first kappa shape index (κ1) is 17.8. The van der Waals surface area contributed by atoms with Crippen LogP contribution in [0.5, 0.6) is 0 Å². The molecule has 1 saturated heterocycles. The number of likely N-dealkylation sites (tertiary alicyclic amines) is 1. The predicted octanol–water partition coefficient (Wildman–Crippen LogP) is 4.14. The van der Waals surface area contributed by atoms with Gasteiger partial charge in [-0.2, -0.15) is 0 Å². The molecule has 6 nitrogen and oxygen atoms in total.